The van der Waals surface area contributed by atoms with Crippen molar-refractivity contribution in [1.29, 1.82) is 0 Å². The summed E-state index contributed by atoms with van der Waals surface area (Å²) in [5, 5.41) is 1.35. The fourth-order valence-corrected chi connectivity index (χ4v) is 3.78. The molecule has 0 radical (unpaired) electrons. The van der Waals surface area contributed by atoms with Gasteiger partial charge >= 0.3 is 0 Å². The number of rotatable bonds is 6. The Morgan fingerprint density at radius 3 is 2.62 bits per heavy atom. The van der Waals surface area contributed by atoms with E-state index in [1.54, 1.807) is 36.3 Å². The number of methoxy groups -OCH3 is 1. The van der Waals surface area contributed by atoms with Crippen molar-refractivity contribution < 1.29 is 14.4 Å². The van der Waals surface area contributed by atoms with Crippen molar-refractivity contribution in [1.82, 2.24) is 4.98 Å². The molecule has 0 saturated heterocycles. The summed E-state index contributed by atoms with van der Waals surface area (Å²) < 4.78 is 6.14. The number of likely N-dealkylation sites (N-methyl/N-ethyl adjacent to an activating group) is 1. The van der Waals surface area contributed by atoms with Crippen molar-refractivity contribution >= 4 is 44.2 Å². The van der Waals surface area contributed by atoms with Crippen molar-refractivity contribution in [2.75, 3.05) is 39.2 Å². The number of nitrogens with zero attached hydrogens (tertiary/aromatic N) is 2. The number of halogens is 1. The molecule has 0 aliphatic rings. The van der Waals surface area contributed by atoms with Crippen LogP contribution in [0.2, 0.25) is 5.02 Å². The van der Waals surface area contributed by atoms with Crippen molar-refractivity contribution in [2.45, 2.75) is 0 Å². The predicted octanol–water partition coefficient (Wildman–Crippen LogP) is 2.75. The first-order valence-electron chi connectivity index (χ1n) is 8.29. The van der Waals surface area contributed by atoms with Crippen LogP contribution in [0.25, 0.3) is 10.2 Å². The third-order valence-corrected chi connectivity index (χ3v) is 5.26. The zero-order valence-electron chi connectivity index (χ0n) is 15.0. The quantitative estimate of drug-likeness (QED) is 0.704. The Hall–Kier alpha value is -2.15. The van der Waals surface area contributed by atoms with Gasteiger partial charge in [-0.25, -0.2) is 4.98 Å². The fourth-order valence-electron chi connectivity index (χ4n) is 2.51. The molecule has 1 amide bonds. The Morgan fingerprint density at radius 2 is 1.96 bits per heavy atom. The van der Waals surface area contributed by atoms with E-state index in [-0.39, 0.29) is 5.91 Å². The molecule has 0 atom stereocenters. The average molecular weight is 391 g/mol. The fraction of sp³-hybridized carbons (Fsp3) is 0.263. The Morgan fingerprint density at radius 1 is 1.23 bits per heavy atom. The van der Waals surface area contributed by atoms with Gasteiger partial charge in [-0.15, -0.1) is 0 Å². The molecule has 1 aromatic heterocycles. The van der Waals surface area contributed by atoms with Crippen LogP contribution < -0.4 is 14.5 Å². The number of hydrogen-bond acceptors (Lipinski definition) is 4. The number of hydrogen-bond donors (Lipinski definition) is 1. The summed E-state index contributed by atoms with van der Waals surface area (Å²) in [7, 11) is 5.73. The summed E-state index contributed by atoms with van der Waals surface area (Å²) in [6.45, 7) is 1.40. The second-order valence-electron chi connectivity index (χ2n) is 6.25. The molecule has 3 aromatic rings. The number of anilines is 1. The highest BCUT2D eigenvalue weighted by Crippen LogP contribution is 2.31. The lowest BCUT2D eigenvalue weighted by Gasteiger charge is -2.20. The van der Waals surface area contributed by atoms with Gasteiger partial charge in [0.1, 0.15) is 5.75 Å². The van der Waals surface area contributed by atoms with E-state index in [9.17, 15) is 4.79 Å². The highest BCUT2D eigenvalue weighted by Gasteiger charge is 2.22. The number of thiazole rings is 1. The minimum Gasteiger partial charge on any atom is -0.497 e. The molecule has 1 heterocycles. The van der Waals surface area contributed by atoms with Gasteiger partial charge in [0.05, 0.1) is 44.5 Å². The van der Waals surface area contributed by atoms with Gasteiger partial charge in [0.15, 0.2) is 5.13 Å². The van der Waals surface area contributed by atoms with Gasteiger partial charge in [-0.3, -0.25) is 9.69 Å². The SMILES string of the molecule is COc1ccc(C(=O)N(CC[NH+](C)C)c2nc3ccc(Cl)cc3s2)cc1. The lowest BCUT2D eigenvalue weighted by molar-refractivity contribution is -0.856. The van der Waals surface area contributed by atoms with Gasteiger partial charge in [-0.1, -0.05) is 22.9 Å². The molecule has 0 aliphatic carbocycles. The van der Waals surface area contributed by atoms with Gasteiger partial charge in [0, 0.05) is 10.6 Å². The largest absolute Gasteiger partial charge is 0.497 e. The monoisotopic (exact) mass is 390 g/mol. The van der Waals surface area contributed by atoms with E-state index in [0.717, 1.165) is 22.5 Å². The summed E-state index contributed by atoms with van der Waals surface area (Å²) in [5.74, 6) is 0.652. The maximum atomic E-state index is 13.1. The summed E-state index contributed by atoms with van der Waals surface area (Å²) in [5.41, 5.74) is 1.45. The number of benzene rings is 2. The molecule has 3 rings (SSSR count). The van der Waals surface area contributed by atoms with Crippen LogP contribution >= 0.6 is 22.9 Å². The van der Waals surface area contributed by atoms with Crippen molar-refractivity contribution in [3.8, 4) is 5.75 Å². The Balaban J connectivity index is 1.95. The summed E-state index contributed by atoms with van der Waals surface area (Å²) in [6, 6.07) is 12.7. The van der Waals surface area contributed by atoms with Gasteiger partial charge < -0.3 is 9.64 Å². The molecular formula is C19H21ClN3O2S+. The minimum atomic E-state index is -0.0703. The number of quaternary nitrogens is 1. The third-order valence-electron chi connectivity index (χ3n) is 3.99. The van der Waals surface area contributed by atoms with E-state index in [4.69, 9.17) is 16.3 Å². The predicted molar refractivity (Wildman–Crippen MR) is 107 cm³/mol. The van der Waals surface area contributed by atoms with E-state index in [1.165, 1.54) is 16.2 Å². The molecule has 26 heavy (non-hydrogen) atoms. The van der Waals surface area contributed by atoms with Crippen LogP contribution in [0.4, 0.5) is 5.13 Å². The zero-order valence-corrected chi connectivity index (χ0v) is 16.5. The van der Waals surface area contributed by atoms with Crippen LogP contribution in [0, 0.1) is 0 Å². The summed E-state index contributed by atoms with van der Waals surface area (Å²) >= 11 is 7.56. The van der Waals surface area contributed by atoms with Crippen LogP contribution in [-0.2, 0) is 0 Å². The first kappa shape index (κ1) is 18.6. The standard InChI is InChI=1S/C19H20ClN3O2S/c1-22(2)10-11-23(18(24)13-4-7-15(25-3)8-5-13)19-21-16-9-6-14(20)12-17(16)26-19/h4-9,12H,10-11H2,1-3H3/p+1. The molecule has 0 unspecified atom stereocenters. The second kappa shape index (κ2) is 8.03. The first-order valence-corrected chi connectivity index (χ1v) is 9.48. The minimum absolute atomic E-state index is 0.0703. The number of ether oxygens (including phenoxy) is 1. The molecule has 2 aromatic carbocycles. The summed E-state index contributed by atoms with van der Waals surface area (Å²) in [4.78, 5) is 20.8. The lowest BCUT2D eigenvalue weighted by atomic mass is 10.2. The van der Waals surface area contributed by atoms with E-state index >= 15 is 0 Å². The van der Waals surface area contributed by atoms with Crippen molar-refractivity contribution in [3.05, 3.63) is 53.1 Å². The smallest absolute Gasteiger partial charge is 0.260 e. The highest BCUT2D eigenvalue weighted by molar-refractivity contribution is 7.22. The first-order chi connectivity index (χ1) is 12.5. The van der Waals surface area contributed by atoms with Crippen LogP contribution in [0.3, 0.4) is 0 Å². The van der Waals surface area contributed by atoms with E-state index < -0.39 is 0 Å². The van der Waals surface area contributed by atoms with Crippen molar-refractivity contribution in [3.63, 3.8) is 0 Å². The topological polar surface area (TPSA) is 46.9 Å². The van der Waals surface area contributed by atoms with Crippen molar-refractivity contribution in [2.24, 2.45) is 0 Å². The van der Waals surface area contributed by atoms with Crippen LogP contribution in [-0.4, -0.2) is 45.2 Å². The summed E-state index contributed by atoms with van der Waals surface area (Å²) in [6.07, 6.45) is 0. The molecule has 0 fully saturated rings. The molecule has 1 N–H and O–H groups in total. The van der Waals surface area contributed by atoms with Crippen LogP contribution in [0.5, 0.6) is 5.75 Å². The maximum absolute atomic E-state index is 13.1. The number of amides is 1. The lowest BCUT2D eigenvalue weighted by Crippen LogP contribution is -3.06. The van der Waals surface area contributed by atoms with Gasteiger partial charge in [0.25, 0.3) is 5.91 Å². The average Bonchev–Trinajstić information content (AvgIpc) is 3.04. The molecule has 136 valence electrons. The third kappa shape index (κ3) is 4.15. The maximum Gasteiger partial charge on any atom is 0.260 e. The van der Waals surface area contributed by atoms with Gasteiger partial charge in [0.2, 0.25) is 0 Å². The molecule has 0 spiro atoms. The molecule has 5 nitrogen and oxygen atoms in total. The van der Waals surface area contributed by atoms with Gasteiger partial charge in [-0.05, 0) is 42.5 Å². The van der Waals surface area contributed by atoms with Gasteiger partial charge in [-0.2, -0.15) is 0 Å². The Bertz CT molecular complexity index is 909. The number of carbonyl (C=O) groups is 1. The van der Waals surface area contributed by atoms with E-state index in [1.807, 2.05) is 18.2 Å². The van der Waals surface area contributed by atoms with E-state index in [2.05, 4.69) is 19.1 Å². The molecule has 7 heteroatoms. The second-order valence-corrected chi connectivity index (χ2v) is 7.70. The Labute approximate surface area is 161 Å². The van der Waals surface area contributed by atoms with Crippen LogP contribution in [0.15, 0.2) is 42.5 Å². The highest BCUT2D eigenvalue weighted by atomic mass is 35.5. The molecule has 0 saturated carbocycles. The zero-order chi connectivity index (χ0) is 18.7. The number of nitrogens with one attached hydrogen (secondary N) is 1. The number of aromatic nitrogens is 1. The number of fused-ring (bicyclic) bond motifs is 1. The van der Waals surface area contributed by atoms with E-state index in [0.29, 0.717) is 22.3 Å². The van der Waals surface area contributed by atoms with Crippen LogP contribution in [0.1, 0.15) is 10.4 Å². The molecule has 0 bridgehead atoms. The Kier molecular flexibility index (Phi) is 5.76. The molecule has 0 aliphatic heterocycles. The normalized spacial score (nSPS) is 11.1. The number of carbonyl (C=O) groups excluding carboxylic acids is 1. The molecular weight excluding hydrogens is 370 g/mol.